The molecule has 1 aliphatic heterocycles. The minimum atomic E-state index is -0.0359. The molecule has 2 aliphatic rings. The number of rotatable bonds is 5. The van der Waals surface area contributed by atoms with Gasteiger partial charge in [0.25, 0.3) is 0 Å². The number of benzene rings is 1. The maximum Gasteiger partial charge on any atom is 0.221 e. The molecule has 1 aromatic carbocycles. The molecule has 2 unspecified atom stereocenters. The Balaban J connectivity index is 1.51. The zero-order valence-electron chi connectivity index (χ0n) is 11.9. The van der Waals surface area contributed by atoms with Crippen LogP contribution in [0.4, 0.5) is 5.69 Å². The van der Waals surface area contributed by atoms with E-state index >= 15 is 0 Å². The van der Waals surface area contributed by atoms with Crippen LogP contribution in [0.1, 0.15) is 31.7 Å². The SMILES string of the molecule is CC(=O)Nc1ccc(CNC2CCOC2C2CC2)cc1. The molecule has 0 spiro atoms. The number of anilines is 1. The summed E-state index contributed by atoms with van der Waals surface area (Å²) in [5.41, 5.74) is 2.09. The fourth-order valence-corrected chi connectivity index (χ4v) is 2.88. The molecular formula is C16H22N2O2. The number of ether oxygens (including phenoxy) is 1. The van der Waals surface area contributed by atoms with E-state index in [-0.39, 0.29) is 5.91 Å². The summed E-state index contributed by atoms with van der Waals surface area (Å²) in [6, 6.07) is 8.50. The van der Waals surface area contributed by atoms with Crippen molar-refractivity contribution in [2.24, 2.45) is 5.92 Å². The van der Waals surface area contributed by atoms with E-state index < -0.39 is 0 Å². The van der Waals surface area contributed by atoms with Crippen molar-refractivity contribution in [2.45, 2.75) is 44.9 Å². The van der Waals surface area contributed by atoms with Crippen molar-refractivity contribution in [3.8, 4) is 0 Å². The minimum absolute atomic E-state index is 0.0359. The standard InChI is InChI=1S/C16H22N2O2/c1-11(19)18-14-6-2-12(3-7-14)10-17-15-8-9-20-16(15)13-4-5-13/h2-3,6-7,13,15-17H,4-5,8-10H2,1H3,(H,18,19). The van der Waals surface area contributed by atoms with Gasteiger partial charge >= 0.3 is 0 Å². The van der Waals surface area contributed by atoms with Gasteiger partial charge in [-0.2, -0.15) is 0 Å². The zero-order valence-corrected chi connectivity index (χ0v) is 11.9. The van der Waals surface area contributed by atoms with Crippen molar-refractivity contribution in [1.29, 1.82) is 0 Å². The van der Waals surface area contributed by atoms with Crippen LogP contribution in [-0.2, 0) is 16.1 Å². The summed E-state index contributed by atoms with van der Waals surface area (Å²) in [5.74, 6) is 0.753. The second kappa shape index (κ2) is 5.94. The maximum atomic E-state index is 11.0. The number of amides is 1. The quantitative estimate of drug-likeness (QED) is 0.866. The van der Waals surface area contributed by atoms with E-state index in [1.165, 1.54) is 25.3 Å². The maximum absolute atomic E-state index is 11.0. The average Bonchev–Trinajstić information content (AvgIpc) is 3.16. The van der Waals surface area contributed by atoms with E-state index in [4.69, 9.17) is 4.74 Å². The van der Waals surface area contributed by atoms with Gasteiger partial charge in [0.2, 0.25) is 5.91 Å². The van der Waals surface area contributed by atoms with Crippen molar-refractivity contribution in [1.82, 2.24) is 5.32 Å². The first kappa shape index (κ1) is 13.6. The van der Waals surface area contributed by atoms with Gasteiger partial charge in [0.1, 0.15) is 0 Å². The van der Waals surface area contributed by atoms with Crippen LogP contribution in [0.5, 0.6) is 0 Å². The first-order chi connectivity index (χ1) is 9.72. The van der Waals surface area contributed by atoms with Gasteiger partial charge in [-0.3, -0.25) is 4.79 Å². The summed E-state index contributed by atoms with van der Waals surface area (Å²) in [5, 5.41) is 6.40. The summed E-state index contributed by atoms with van der Waals surface area (Å²) < 4.78 is 5.83. The monoisotopic (exact) mass is 274 g/mol. The van der Waals surface area contributed by atoms with Gasteiger partial charge in [-0.25, -0.2) is 0 Å². The summed E-state index contributed by atoms with van der Waals surface area (Å²) in [4.78, 5) is 11.0. The second-order valence-electron chi connectivity index (χ2n) is 5.83. The van der Waals surface area contributed by atoms with Crippen molar-refractivity contribution in [3.63, 3.8) is 0 Å². The average molecular weight is 274 g/mol. The molecule has 4 nitrogen and oxygen atoms in total. The number of hydrogen-bond donors (Lipinski definition) is 2. The first-order valence-corrected chi connectivity index (χ1v) is 7.44. The van der Waals surface area contributed by atoms with Gasteiger partial charge in [-0.05, 0) is 42.9 Å². The molecule has 1 aromatic rings. The molecule has 4 heteroatoms. The van der Waals surface area contributed by atoms with Crippen LogP contribution in [0.15, 0.2) is 24.3 Å². The smallest absolute Gasteiger partial charge is 0.221 e. The Labute approximate surface area is 119 Å². The highest BCUT2D eigenvalue weighted by Gasteiger charge is 2.40. The largest absolute Gasteiger partial charge is 0.376 e. The van der Waals surface area contributed by atoms with Gasteiger partial charge in [-0.1, -0.05) is 12.1 Å². The molecule has 0 aromatic heterocycles. The number of carbonyl (C=O) groups is 1. The fourth-order valence-electron chi connectivity index (χ4n) is 2.88. The van der Waals surface area contributed by atoms with Crippen LogP contribution in [0.25, 0.3) is 0 Å². The lowest BCUT2D eigenvalue weighted by Crippen LogP contribution is -2.37. The van der Waals surface area contributed by atoms with Crippen LogP contribution in [0.3, 0.4) is 0 Å². The van der Waals surface area contributed by atoms with Gasteiger partial charge in [0, 0.05) is 31.8 Å². The van der Waals surface area contributed by atoms with Crippen molar-refractivity contribution in [3.05, 3.63) is 29.8 Å². The number of hydrogen-bond acceptors (Lipinski definition) is 3. The molecule has 0 radical (unpaired) electrons. The van der Waals surface area contributed by atoms with Crippen molar-refractivity contribution >= 4 is 11.6 Å². The van der Waals surface area contributed by atoms with E-state index in [9.17, 15) is 4.79 Å². The molecule has 1 amide bonds. The Bertz CT molecular complexity index is 468. The predicted molar refractivity (Wildman–Crippen MR) is 78.5 cm³/mol. The van der Waals surface area contributed by atoms with Crippen LogP contribution in [0, 0.1) is 5.92 Å². The normalized spacial score (nSPS) is 25.6. The van der Waals surface area contributed by atoms with Gasteiger partial charge in [0.15, 0.2) is 0 Å². The topological polar surface area (TPSA) is 50.4 Å². The van der Waals surface area contributed by atoms with Crippen LogP contribution in [-0.4, -0.2) is 24.7 Å². The Morgan fingerprint density at radius 1 is 1.25 bits per heavy atom. The fraction of sp³-hybridized carbons (Fsp3) is 0.562. The third-order valence-corrected chi connectivity index (χ3v) is 4.07. The highest BCUT2D eigenvalue weighted by molar-refractivity contribution is 5.88. The third kappa shape index (κ3) is 3.38. The Kier molecular flexibility index (Phi) is 4.03. The van der Waals surface area contributed by atoms with Crippen molar-refractivity contribution in [2.75, 3.05) is 11.9 Å². The zero-order chi connectivity index (χ0) is 13.9. The summed E-state index contributed by atoms with van der Waals surface area (Å²) in [7, 11) is 0. The third-order valence-electron chi connectivity index (χ3n) is 4.07. The molecule has 2 fully saturated rings. The molecule has 20 heavy (non-hydrogen) atoms. The van der Waals surface area contributed by atoms with Crippen LogP contribution in [0.2, 0.25) is 0 Å². The Hall–Kier alpha value is -1.39. The molecule has 1 saturated heterocycles. The molecule has 3 rings (SSSR count). The Morgan fingerprint density at radius 3 is 2.65 bits per heavy atom. The van der Waals surface area contributed by atoms with E-state index in [1.54, 1.807) is 0 Å². The highest BCUT2D eigenvalue weighted by Crippen LogP contribution is 2.38. The molecule has 1 heterocycles. The highest BCUT2D eigenvalue weighted by atomic mass is 16.5. The number of nitrogens with one attached hydrogen (secondary N) is 2. The van der Waals surface area contributed by atoms with E-state index in [1.807, 2.05) is 12.1 Å². The van der Waals surface area contributed by atoms with Gasteiger partial charge in [0.05, 0.1) is 6.10 Å². The molecule has 1 aliphatic carbocycles. The molecule has 1 saturated carbocycles. The summed E-state index contributed by atoms with van der Waals surface area (Å²) in [6.45, 7) is 3.27. The van der Waals surface area contributed by atoms with E-state index in [0.29, 0.717) is 12.1 Å². The van der Waals surface area contributed by atoms with E-state index in [0.717, 1.165) is 31.2 Å². The summed E-state index contributed by atoms with van der Waals surface area (Å²) in [6.07, 6.45) is 4.20. The van der Waals surface area contributed by atoms with Gasteiger partial charge in [-0.15, -0.1) is 0 Å². The second-order valence-corrected chi connectivity index (χ2v) is 5.83. The lowest BCUT2D eigenvalue weighted by atomic mass is 10.1. The molecule has 108 valence electrons. The molecule has 2 N–H and O–H groups in total. The lowest BCUT2D eigenvalue weighted by Gasteiger charge is -2.19. The number of carbonyl (C=O) groups excluding carboxylic acids is 1. The van der Waals surface area contributed by atoms with Crippen LogP contribution < -0.4 is 10.6 Å². The lowest BCUT2D eigenvalue weighted by molar-refractivity contribution is -0.114. The van der Waals surface area contributed by atoms with E-state index in [2.05, 4.69) is 22.8 Å². The Morgan fingerprint density at radius 2 is 2.00 bits per heavy atom. The summed E-state index contributed by atoms with van der Waals surface area (Å²) >= 11 is 0. The predicted octanol–water partition coefficient (Wildman–Crippen LogP) is 2.30. The minimum Gasteiger partial charge on any atom is -0.376 e. The molecule has 0 bridgehead atoms. The first-order valence-electron chi connectivity index (χ1n) is 7.44. The van der Waals surface area contributed by atoms with Crippen LogP contribution >= 0.6 is 0 Å². The van der Waals surface area contributed by atoms with Gasteiger partial charge < -0.3 is 15.4 Å². The molecular weight excluding hydrogens is 252 g/mol. The molecule has 2 atom stereocenters. The van der Waals surface area contributed by atoms with Crippen molar-refractivity contribution < 1.29 is 9.53 Å².